The van der Waals surface area contributed by atoms with E-state index in [0.29, 0.717) is 37.4 Å². The summed E-state index contributed by atoms with van der Waals surface area (Å²) >= 11 is 0. The first-order valence-electron chi connectivity index (χ1n) is 12.5. The molecule has 9 nitrogen and oxygen atoms in total. The van der Waals surface area contributed by atoms with Gasteiger partial charge in [0.2, 0.25) is 18.6 Å². The smallest absolute Gasteiger partial charge is 0.256 e. The molecule has 0 aliphatic carbocycles. The Morgan fingerprint density at radius 2 is 1.76 bits per heavy atom. The number of hydrogen-bond donors (Lipinski definition) is 1. The summed E-state index contributed by atoms with van der Waals surface area (Å²) in [5.74, 6) is -0.0460. The summed E-state index contributed by atoms with van der Waals surface area (Å²) in [5, 5.41) is 2.91. The van der Waals surface area contributed by atoms with Crippen LogP contribution in [-0.2, 0) is 20.9 Å². The lowest BCUT2D eigenvalue weighted by Crippen LogP contribution is -2.60. The van der Waals surface area contributed by atoms with E-state index in [1.807, 2.05) is 19.9 Å². The SMILES string of the molecule is CC(C)C(=O)N1CCC2(CC1)OC[C@H](C(=O)NCc1ccc3c(c1)OCO3)N2C(=O)c1ccc(F)cc1. The standard InChI is InChI=1S/C27H30FN3O6/c1-17(2)25(33)30-11-9-27(10-12-30)31(26(34)19-4-6-20(28)7-5-19)21(15-37-27)24(32)29-14-18-3-8-22-23(13-18)36-16-35-22/h3-8,13,17,21H,9-12,14-16H2,1-2H3,(H,29,32)/t21-/m1/s1. The van der Waals surface area contributed by atoms with E-state index in [0.717, 1.165) is 5.56 Å². The Bertz CT molecular complexity index is 1190. The van der Waals surface area contributed by atoms with E-state index in [2.05, 4.69) is 5.32 Å². The summed E-state index contributed by atoms with van der Waals surface area (Å²) in [6, 6.07) is 9.80. The van der Waals surface area contributed by atoms with E-state index in [4.69, 9.17) is 14.2 Å². The molecule has 0 unspecified atom stereocenters. The van der Waals surface area contributed by atoms with Gasteiger partial charge in [-0.1, -0.05) is 19.9 Å². The Kier molecular flexibility index (Phi) is 6.76. The predicted octanol–water partition coefficient (Wildman–Crippen LogP) is 2.69. The minimum absolute atomic E-state index is 0.0258. The third-order valence-electron chi connectivity index (χ3n) is 7.13. The number of ether oxygens (including phenoxy) is 3. The van der Waals surface area contributed by atoms with Crippen LogP contribution >= 0.6 is 0 Å². The van der Waals surface area contributed by atoms with Gasteiger partial charge in [-0.2, -0.15) is 0 Å². The Balaban J connectivity index is 1.35. The highest BCUT2D eigenvalue weighted by Gasteiger charge is 2.54. The van der Waals surface area contributed by atoms with Crippen molar-refractivity contribution in [1.82, 2.24) is 15.1 Å². The minimum atomic E-state index is -1.03. The minimum Gasteiger partial charge on any atom is -0.454 e. The first-order chi connectivity index (χ1) is 17.8. The molecule has 2 saturated heterocycles. The summed E-state index contributed by atoms with van der Waals surface area (Å²) in [4.78, 5) is 42.9. The summed E-state index contributed by atoms with van der Waals surface area (Å²) in [6.45, 7) is 4.94. The van der Waals surface area contributed by atoms with Crippen molar-refractivity contribution in [3.8, 4) is 11.5 Å². The molecular formula is C27H30FN3O6. The number of piperidine rings is 1. The van der Waals surface area contributed by atoms with Crippen LogP contribution in [0.3, 0.4) is 0 Å². The van der Waals surface area contributed by atoms with Crippen molar-refractivity contribution in [3.05, 3.63) is 59.4 Å². The van der Waals surface area contributed by atoms with Crippen LogP contribution < -0.4 is 14.8 Å². The van der Waals surface area contributed by atoms with Crippen molar-refractivity contribution in [3.63, 3.8) is 0 Å². The molecule has 2 fully saturated rings. The molecule has 2 aromatic carbocycles. The molecule has 5 rings (SSSR count). The zero-order chi connectivity index (χ0) is 26.2. The van der Waals surface area contributed by atoms with Crippen LogP contribution in [0.25, 0.3) is 0 Å². The van der Waals surface area contributed by atoms with Crippen LogP contribution in [0.5, 0.6) is 11.5 Å². The second-order valence-corrected chi connectivity index (χ2v) is 9.84. The first kappa shape index (κ1) is 25.0. The second-order valence-electron chi connectivity index (χ2n) is 9.84. The molecule has 196 valence electrons. The van der Waals surface area contributed by atoms with Gasteiger partial charge < -0.3 is 24.4 Å². The van der Waals surface area contributed by atoms with Crippen molar-refractivity contribution in [2.24, 2.45) is 5.92 Å². The molecule has 3 aliphatic rings. The number of rotatable bonds is 5. The third-order valence-corrected chi connectivity index (χ3v) is 7.13. The van der Waals surface area contributed by atoms with Crippen molar-refractivity contribution in [2.75, 3.05) is 26.5 Å². The number of amides is 3. The van der Waals surface area contributed by atoms with E-state index in [-0.39, 0.29) is 43.2 Å². The highest BCUT2D eigenvalue weighted by Crippen LogP contribution is 2.39. The van der Waals surface area contributed by atoms with Gasteiger partial charge in [-0.05, 0) is 42.0 Å². The number of carbonyl (C=O) groups excluding carboxylic acids is 3. The molecule has 0 aromatic heterocycles. The van der Waals surface area contributed by atoms with Gasteiger partial charge in [0, 0.05) is 44.0 Å². The fourth-order valence-electron chi connectivity index (χ4n) is 5.10. The number of carbonyl (C=O) groups is 3. The fraction of sp³-hybridized carbons (Fsp3) is 0.444. The van der Waals surface area contributed by atoms with E-state index in [1.54, 1.807) is 17.0 Å². The van der Waals surface area contributed by atoms with Crippen molar-refractivity contribution in [2.45, 2.75) is 45.0 Å². The zero-order valence-corrected chi connectivity index (χ0v) is 20.9. The number of fused-ring (bicyclic) bond motifs is 1. The summed E-state index contributed by atoms with van der Waals surface area (Å²) in [5.41, 5.74) is 0.0589. The topological polar surface area (TPSA) is 97.4 Å². The van der Waals surface area contributed by atoms with Gasteiger partial charge >= 0.3 is 0 Å². The molecule has 3 heterocycles. The number of nitrogens with one attached hydrogen (secondary N) is 1. The van der Waals surface area contributed by atoms with Crippen LogP contribution in [-0.4, -0.2) is 65.8 Å². The quantitative estimate of drug-likeness (QED) is 0.663. The maximum Gasteiger partial charge on any atom is 0.256 e. The van der Waals surface area contributed by atoms with Gasteiger partial charge in [0.15, 0.2) is 11.5 Å². The highest BCUT2D eigenvalue weighted by atomic mass is 19.1. The molecule has 3 aliphatic heterocycles. The molecule has 10 heteroatoms. The Morgan fingerprint density at radius 3 is 2.46 bits per heavy atom. The predicted molar refractivity (Wildman–Crippen MR) is 130 cm³/mol. The van der Waals surface area contributed by atoms with E-state index in [1.165, 1.54) is 29.2 Å². The van der Waals surface area contributed by atoms with Crippen LogP contribution in [0.1, 0.15) is 42.6 Å². The van der Waals surface area contributed by atoms with Gasteiger partial charge in [0.05, 0.1) is 6.61 Å². The van der Waals surface area contributed by atoms with Crippen LogP contribution in [0.15, 0.2) is 42.5 Å². The normalized spacial score (nSPS) is 19.9. The van der Waals surface area contributed by atoms with Gasteiger partial charge in [0.25, 0.3) is 5.91 Å². The number of hydrogen-bond acceptors (Lipinski definition) is 6. The Labute approximate surface area is 214 Å². The zero-order valence-electron chi connectivity index (χ0n) is 20.9. The lowest BCUT2D eigenvalue weighted by atomic mass is 9.95. The number of benzene rings is 2. The Morgan fingerprint density at radius 1 is 1.05 bits per heavy atom. The highest BCUT2D eigenvalue weighted by molar-refractivity contribution is 5.98. The summed E-state index contributed by atoms with van der Waals surface area (Å²) in [6.07, 6.45) is 0.759. The molecule has 3 amide bonds. The maximum absolute atomic E-state index is 13.7. The van der Waals surface area contributed by atoms with Crippen molar-refractivity contribution < 1.29 is 33.0 Å². The molecule has 1 spiro atoms. The average Bonchev–Trinajstić information content (AvgIpc) is 3.52. The third kappa shape index (κ3) is 4.85. The molecule has 37 heavy (non-hydrogen) atoms. The van der Waals surface area contributed by atoms with E-state index in [9.17, 15) is 18.8 Å². The van der Waals surface area contributed by atoms with Crippen LogP contribution in [0, 0.1) is 11.7 Å². The van der Waals surface area contributed by atoms with Crippen LogP contribution in [0.4, 0.5) is 4.39 Å². The molecule has 2 aromatic rings. The molecule has 1 N–H and O–H groups in total. The summed E-state index contributed by atoms with van der Waals surface area (Å²) in [7, 11) is 0. The lowest BCUT2D eigenvalue weighted by molar-refractivity contribution is -0.146. The van der Waals surface area contributed by atoms with Crippen molar-refractivity contribution in [1.29, 1.82) is 0 Å². The average molecular weight is 512 g/mol. The number of nitrogens with zero attached hydrogens (tertiary/aromatic N) is 2. The monoisotopic (exact) mass is 511 g/mol. The summed E-state index contributed by atoms with van der Waals surface area (Å²) < 4.78 is 30.5. The lowest BCUT2D eigenvalue weighted by Gasteiger charge is -2.44. The molecule has 0 bridgehead atoms. The first-order valence-corrected chi connectivity index (χ1v) is 12.5. The largest absolute Gasteiger partial charge is 0.454 e. The molecular weight excluding hydrogens is 481 g/mol. The second kappa shape index (κ2) is 10.0. The van der Waals surface area contributed by atoms with Gasteiger partial charge in [-0.15, -0.1) is 0 Å². The van der Waals surface area contributed by atoms with Gasteiger partial charge in [0.1, 0.15) is 17.6 Å². The van der Waals surface area contributed by atoms with Gasteiger partial charge in [-0.3, -0.25) is 19.3 Å². The fourth-order valence-corrected chi connectivity index (χ4v) is 5.10. The van der Waals surface area contributed by atoms with E-state index >= 15 is 0 Å². The number of likely N-dealkylation sites (tertiary alicyclic amines) is 1. The number of halogens is 1. The van der Waals surface area contributed by atoms with Crippen molar-refractivity contribution >= 4 is 17.7 Å². The van der Waals surface area contributed by atoms with Crippen LogP contribution in [0.2, 0.25) is 0 Å². The maximum atomic E-state index is 13.7. The molecule has 1 atom stereocenters. The van der Waals surface area contributed by atoms with E-state index < -0.39 is 23.5 Å². The molecule has 0 radical (unpaired) electrons. The molecule has 0 saturated carbocycles. The van der Waals surface area contributed by atoms with Gasteiger partial charge in [-0.25, -0.2) is 4.39 Å². The Hall–Kier alpha value is -3.66.